The predicted molar refractivity (Wildman–Crippen MR) is 149 cm³/mol. The lowest BCUT2D eigenvalue weighted by atomic mass is 9.88. The van der Waals surface area contributed by atoms with E-state index in [2.05, 4.69) is 49.5 Å². The maximum Gasteiger partial charge on any atom is 0.306 e. The normalized spacial score (nSPS) is 15.1. The summed E-state index contributed by atoms with van der Waals surface area (Å²) < 4.78 is 11.1. The Labute approximate surface area is 227 Å². The van der Waals surface area contributed by atoms with Crippen molar-refractivity contribution in [2.45, 2.75) is 77.5 Å². The molecule has 0 bridgehead atoms. The molecule has 0 aliphatic heterocycles. The summed E-state index contributed by atoms with van der Waals surface area (Å²) in [5.41, 5.74) is 9.95. The summed E-state index contributed by atoms with van der Waals surface area (Å²) in [6.07, 6.45) is 3.16. The van der Waals surface area contributed by atoms with Crippen LogP contribution in [0.2, 0.25) is 0 Å². The van der Waals surface area contributed by atoms with Gasteiger partial charge >= 0.3 is 5.97 Å². The Kier molecular flexibility index (Phi) is 10.7. The molecule has 0 spiro atoms. The zero-order chi connectivity index (χ0) is 27.7. The van der Waals surface area contributed by atoms with Crippen LogP contribution in [0.5, 0.6) is 5.75 Å². The number of nitrogens with two attached hydrogens (primary N) is 1. The number of carbonyl (C=O) groups excluding carboxylic acids is 1. The Bertz CT molecular complexity index is 1080. The highest BCUT2D eigenvalue weighted by Crippen LogP contribution is 2.32. The van der Waals surface area contributed by atoms with Gasteiger partial charge in [-0.3, -0.25) is 4.79 Å². The molecule has 1 aliphatic rings. The average Bonchev–Trinajstić information content (AvgIpc) is 3.29. The van der Waals surface area contributed by atoms with Crippen LogP contribution in [0.25, 0.3) is 0 Å². The minimum atomic E-state index is -0.731. The van der Waals surface area contributed by atoms with Crippen LogP contribution in [0, 0.1) is 23.2 Å². The summed E-state index contributed by atoms with van der Waals surface area (Å²) in [5.74, 6) is 0.928. The molecule has 0 radical (unpaired) electrons. The van der Waals surface area contributed by atoms with Gasteiger partial charge in [-0.2, -0.15) is 5.26 Å². The van der Waals surface area contributed by atoms with Gasteiger partial charge in [-0.25, -0.2) is 0 Å². The smallest absolute Gasteiger partial charge is 0.306 e. The number of benzene rings is 2. The van der Waals surface area contributed by atoms with Crippen LogP contribution in [-0.4, -0.2) is 48.5 Å². The fourth-order valence-electron chi connectivity index (χ4n) is 4.86. The summed E-state index contributed by atoms with van der Waals surface area (Å²) in [4.78, 5) is 12.1. The molecular formula is C31H43N3O4. The highest BCUT2D eigenvalue weighted by Gasteiger charge is 2.28. The van der Waals surface area contributed by atoms with Crippen LogP contribution in [-0.2, 0) is 28.8 Å². The Morgan fingerprint density at radius 3 is 2.50 bits per heavy atom. The van der Waals surface area contributed by atoms with Crippen molar-refractivity contribution in [3.8, 4) is 11.8 Å². The van der Waals surface area contributed by atoms with Crippen LogP contribution >= 0.6 is 0 Å². The topological polar surface area (TPSA) is 118 Å². The van der Waals surface area contributed by atoms with Gasteiger partial charge in [0.05, 0.1) is 5.56 Å². The molecule has 0 unspecified atom stereocenters. The largest absolute Gasteiger partial charge is 0.489 e. The maximum atomic E-state index is 12.1. The van der Waals surface area contributed by atoms with Gasteiger partial charge < -0.3 is 25.6 Å². The molecule has 0 fully saturated rings. The van der Waals surface area contributed by atoms with E-state index in [9.17, 15) is 15.2 Å². The van der Waals surface area contributed by atoms with E-state index in [4.69, 9.17) is 15.2 Å². The fraction of sp³-hybridized carbons (Fsp3) is 0.548. The number of aryl methyl sites for hydroxylation is 1. The first kappa shape index (κ1) is 29.6. The third kappa shape index (κ3) is 9.13. The standard InChI is InChI=1S/C31H43N3O4/c1-21(2)28(33)20-38-30(36)12-10-22-9-11-26(17-32)29(15-22)37-19-27(35)18-34-31(3,4)16-23-13-24-7-5-6-8-25(24)14-23/h5-9,11,15,21,23,27-28,34-35H,10,12-14,16,18-20,33H2,1-4H3/t27-,28+/m1/s1. The molecule has 3 rings (SSSR count). The zero-order valence-corrected chi connectivity index (χ0v) is 23.2. The molecule has 7 heteroatoms. The van der Waals surface area contributed by atoms with E-state index in [-0.39, 0.29) is 43.1 Å². The highest BCUT2D eigenvalue weighted by molar-refractivity contribution is 5.69. The molecule has 2 aromatic rings. The molecule has 2 aromatic carbocycles. The summed E-state index contributed by atoms with van der Waals surface area (Å²) in [7, 11) is 0. The molecule has 1 aliphatic carbocycles. The summed E-state index contributed by atoms with van der Waals surface area (Å²) in [6, 6.07) is 15.8. The molecule has 206 valence electrons. The number of esters is 1. The second-order valence-corrected chi connectivity index (χ2v) is 11.5. The van der Waals surface area contributed by atoms with Crippen molar-refractivity contribution in [1.29, 1.82) is 5.26 Å². The van der Waals surface area contributed by atoms with Crippen LogP contribution in [0.1, 0.15) is 62.8 Å². The number of nitrogens with one attached hydrogen (secondary N) is 1. The maximum absolute atomic E-state index is 12.1. The minimum Gasteiger partial charge on any atom is -0.489 e. The Morgan fingerprint density at radius 1 is 1.18 bits per heavy atom. The van der Waals surface area contributed by atoms with E-state index in [0.29, 0.717) is 30.2 Å². The second-order valence-electron chi connectivity index (χ2n) is 11.5. The SMILES string of the molecule is CC(C)[C@@H](N)COC(=O)CCc1ccc(C#N)c(OC[C@H](O)CNC(C)(C)CC2Cc3ccccc3C2)c1. The first-order valence-electron chi connectivity index (χ1n) is 13.6. The van der Waals surface area contributed by atoms with Crippen molar-refractivity contribution in [2.75, 3.05) is 19.8 Å². The molecule has 0 saturated heterocycles. The molecule has 7 nitrogen and oxygen atoms in total. The quantitative estimate of drug-likeness (QED) is 0.322. The first-order valence-corrected chi connectivity index (χ1v) is 13.6. The number of β-amino-alcohol motifs (C(OH)–C–C–N with tert-alkyl or cyclic N) is 1. The van der Waals surface area contributed by atoms with E-state index in [0.717, 1.165) is 24.8 Å². The third-order valence-electron chi connectivity index (χ3n) is 7.26. The number of aliphatic hydroxyl groups excluding tert-OH is 1. The van der Waals surface area contributed by atoms with E-state index in [1.54, 1.807) is 18.2 Å². The number of aliphatic hydroxyl groups is 1. The molecule has 38 heavy (non-hydrogen) atoms. The number of nitriles is 1. The van der Waals surface area contributed by atoms with E-state index < -0.39 is 6.10 Å². The number of rotatable bonds is 14. The predicted octanol–water partition coefficient (Wildman–Crippen LogP) is 3.93. The van der Waals surface area contributed by atoms with Crippen LogP contribution < -0.4 is 15.8 Å². The summed E-state index contributed by atoms with van der Waals surface area (Å²) >= 11 is 0. The van der Waals surface area contributed by atoms with Gasteiger partial charge in [0.2, 0.25) is 0 Å². The Hall–Kier alpha value is -2.92. The van der Waals surface area contributed by atoms with Gasteiger partial charge in [-0.1, -0.05) is 44.2 Å². The van der Waals surface area contributed by atoms with Gasteiger partial charge in [0.25, 0.3) is 0 Å². The third-order valence-corrected chi connectivity index (χ3v) is 7.26. The lowest BCUT2D eigenvalue weighted by Crippen LogP contribution is -2.46. The van der Waals surface area contributed by atoms with E-state index >= 15 is 0 Å². The highest BCUT2D eigenvalue weighted by atomic mass is 16.5. The number of fused-ring (bicyclic) bond motifs is 1. The van der Waals surface area contributed by atoms with Gasteiger partial charge in [0, 0.05) is 24.5 Å². The Balaban J connectivity index is 1.44. The summed E-state index contributed by atoms with van der Waals surface area (Å²) in [5, 5.41) is 23.6. The van der Waals surface area contributed by atoms with Gasteiger partial charge in [-0.15, -0.1) is 0 Å². The molecule has 0 saturated carbocycles. The van der Waals surface area contributed by atoms with Gasteiger partial charge in [0.1, 0.15) is 31.1 Å². The summed E-state index contributed by atoms with van der Waals surface area (Å²) in [6.45, 7) is 8.96. The van der Waals surface area contributed by atoms with Crippen LogP contribution in [0.4, 0.5) is 0 Å². The second kappa shape index (κ2) is 13.7. The van der Waals surface area contributed by atoms with E-state index in [1.807, 2.05) is 13.8 Å². The Morgan fingerprint density at radius 2 is 1.87 bits per heavy atom. The van der Waals surface area contributed by atoms with Crippen LogP contribution in [0.15, 0.2) is 42.5 Å². The lowest BCUT2D eigenvalue weighted by molar-refractivity contribution is -0.144. The fourth-order valence-corrected chi connectivity index (χ4v) is 4.86. The number of hydrogen-bond donors (Lipinski definition) is 3. The van der Waals surface area contributed by atoms with Gasteiger partial charge in [0.15, 0.2) is 0 Å². The first-order chi connectivity index (χ1) is 18.1. The molecule has 4 N–H and O–H groups in total. The molecule has 0 aromatic heterocycles. The number of ether oxygens (including phenoxy) is 2. The average molecular weight is 522 g/mol. The van der Waals surface area contributed by atoms with Crippen molar-refractivity contribution in [3.63, 3.8) is 0 Å². The van der Waals surface area contributed by atoms with Gasteiger partial charge in [-0.05, 0) is 80.2 Å². The number of carbonyl (C=O) groups is 1. The number of hydrogen-bond acceptors (Lipinski definition) is 7. The van der Waals surface area contributed by atoms with Crippen molar-refractivity contribution in [3.05, 3.63) is 64.7 Å². The zero-order valence-electron chi connectivity index (χ0n) is 23.2. The van der Waals surface area contributed by atoms with E-state index in [1.165, 1.54) is 11.1 Å². The van der Waals surface area contributed by atoms with Crippen molar-refractivity contribution < 1.29 is 19.4 Å². The monoisotopic (exact) mass is 521 g/mol. The van der Waals surface area contributed by atoms with Crippen molar-refractivity contribution in [1.82, 2.24) is 5.32 Å². The van der Waals surface area contributed by atoms with Crippen LogP contribution in [0.3, 0.4) is 0 Å². The number of nitrogens with zero attached hydrogens (tertiary/aromatic N) is 1. The van der Waals surface area contributed by atoms with Crippen molar-refractivity contribution in [2.24, 2.45) is 17.6 Å². The lowest BCUT2D eigenvalue weighted by Gasteiger charge is -2.30. The molecular weight excluding hydrogens is 478 g/mol. The molecule has 0 heterocycles. The minimum absolute atomic E-state index is 0.0607. The molecule has 2 atom stereocenters. The molecule has 0 amide bonds. The van der Waals surface area contributed by atoms with Crippen molar-refractivity contribution >= 4 is 5.97 Å².